The Kier molecular flexibility index (Phi) is 7.85. The van der Waals surface area contributed by atoms with E-state index in [1.165, 1.54) is 25.7 Å². The van der Waals surface area contributed by atoms with Gasteiger partial charge in [-0.25, -0.2) is 0 Å². The van der Waals surface area contributed by atoms with Gasteiger partial charge in [0.1, 0.15) is 0 Å². The number of hydrogen-bond donors (Lipinski definition) is 1. The second kappa shape index (κ2) is 8.99. The summed E-state index contributed by atoms with van der Waals surface area (Å²) in [6.45, 7) is 1.32. The van der Waals surface area contributed by atoms with Gasteiger partial charge in [0.2, 0.25) is 5.91 Å². The van der Waals surface area contributed by atoms with Gasteiger partial charge in [0.25, 0.3) is 0 Å². The molecule has 0 saturated heterocycles. The van der Waals surface area contributed by atoms with Gasteiger partial charge in [-0.2, -0.15) is 0 Å². The molecule has 0 aliphatic heterocycles. The van der Waals surface area contributed by atoms with Crippen molar-refractivity contribution in [1.82, 2.24) is 5.32 Å². The van der Waals surface area contributed by atoms with Crippen LogP contribution in [-0.4, -0.2) is 30.5 Å². The number of unbranched alkanes of at least 4 members (excludes halogenated alkanes) is 1. The summed E-state index contributed by atoms with van der Waals surface area (Å²) in [6, 6.07) is 0. The molecule has 16 heavy (non-hydrogen) atoms. The molecule has 0 bridgehead atoms. The molecule has 0 radical (unpaired) electrons. The Bertz CT molecular complexity index is 193. The van der Waals surface area contributed by atoms with Gasteiger partial charge in [-0.1, -0.05) is 28.8 Å². The molecular weight excluding hydrogens is 270 g/mol. The molecule has 94 valence electrons. The second-order valence-electron chi connectivity index (χ2n) is 4.27. The Labute approximate surface area is 106 Å². The Hall–Kier alpha value is -0.0900. The van der Waals surface area contributed by atoms with Crippen LogP contribution >= 0.6 is 15.9 Å². The molecule has 1 aliphatic rings. The average Bonchev–Trinajstić information content (AvgIpc) is 2.78. The van der Waals surface area contributed by atoms with E-state index in [1.54, 1.807) is 0 Å². The van der Waals surface area contributed by atoms with Crippen LogP contribution in [0.4, 0.5) is 0 Å². The van der Waals surface area contributed by atoms with Gasteiger partial charge < -0.3 is 10.1 Å². The number of carbonyl (C=O) groups excluding carboxylic acids is 1. The molecule has 1 rings (SSSR count). The fourth-order valence-electron chi connectivity index (χ4n) is 1.94. The quantitative estimate of drug-likeness (QED) is 0.551. The van der Waals surface area contributed by atoms with Crippen molar-refractivity contribution in [2.24, 2.45) is 0 Å². The number of ether oxygens (including phenoxy) is 1. The van der Waals surface area contributed by atoms with Crippen molar-refractivity contribution in [2.45, 2.75) is 51.0 Å². The maximum Gasteiger partial charge on any atom is 0.220 e. The number of carbonyl (C=O) groups is 1. The summed E-state index contributed by atoms with van der Waals surface area (Å²) in [5.41, 5.74) is 0. The first-order chi connectivity index (χ1) is 7.83. The summed E-state index contributed by atoms with van der Waals surface area (Å²) < 4.78 is 5.66. The first kappa shape index (κ1) is 14.0. The van der Waals surface area contributed by atoms with Crippen LogP contribution in [0.15, 0.2) is 0 Å². The minimum atomic E-state index is 0.149. The van der Waals surface area contributed by atoms with Crippen molar-refractivity contribution < 1.29 is 9.53 Å². The van der Waals surface area contributed by atoms with Crippen molar-refractivity contribution in [3.8, 4) is 0 Å². The van der Waals surface area contributed by atoms with Gasteiger partial charge in [0, 0.05) is 18.3 Å². The van der Waals surface area contributed by atoms with Crippen LogP contribution in [0.3, 0.4) is 0 Å². The zero-order valence-electron chi connectivity index (χ0n) is 9.84. The first-order valence-corrected chi connectivity index (χ1v) is 7.39. The Morgan fingerprint density at radius 3 is 2.75 bits per heavy atom. The monoisotopic (exact) mass is 291 g/mol. The van der Waals surface area contributed by atoms with Gasteiger partial charge in [-0.3, -0.25) is 4.79 Å². The molecule has 0 aromatic rings. The lowest BCUT2D eigenvalue weighted by Crippen LogP contribution is -2.28. The number of halogens is 1. The second-order valence-corrected chi connectivity index (χ2v) is 5.07. The average molecular weight is 292 g/mol. The largest absolute Gasteiger partial charge is 0.376 e. The highest BCUT2D eigenvalue weighted by Gasteiger charge is 2.14. The summed E-state index contributed by atoms with van der Waals surface area (Å²) in [7, 11) is 0. The predicted molar refractivity (Wildman–Crippen MR) is 68.9 cm³/mol. The fraction of sp³-hybridized carbons (Fsp3) is 0.917. The van der Waals surface area contributed by atoms with Gasteiger partial charge >= 0.3 is 0 Å². The normalized spacial score (nSPS) is 16.6. The highest BCUT2D eigenvalue weighted by molar-refractivity contribution is 9.09. The zero-order valence-corrected chi connectivity index (χ0v) is 11.4. The molecule has 0 spiro atoms. The molecular formula is C12H22BrNO2. The van der Waals surface area contributed by atoms with E-state index in [0.717, 1.165) is 18.2 Å². The minimum absolute atomic E-state index is 0.149. The third-order valence-corrected chi connectivity index (χ3v) is 3.43. The van der Waals surface area contributed by atoms with Crippen LogP contribution in [0.2, 0.25) is 0 Å². The van der Waals surface area contributed by atoms with E-state index < -0.39 is 0 Å². The lowest BCUT2D eigenvalue weighted by molar-refractivity contribution is -0.121. The van der Waals surface area contributed by atoms with Crippen LogP contribution in [0.5, 0.6) is 0 Å². The molecule has 0 aromatic carbocycles. The molecule has 0 aromatic heterocycles. The number of hydrogen-bond acceptors (Lipinski definition) is 2. The molecule has 3 nitrogen and oxygen atoms in total. The van der Waals surface area contributed by atoms with E-state index in [9.17, 15) is 4.79 Å². The van der Waals surface area contributed by atoms with Gasteiger partial charge in [0.05, 0.1) is 12.7 Å². The molecule has 1 fully saturated rings. The van der Waals surface area contributed by atoms with E-state index in [-0.39, 0.29) is 5.91 Å². The molecule has 0 heterocycles. The van der Waals surface area contributed by atoms with Crippen LogP contribution in [0.1, 0.15) is 44.9 Å². The summed E-state index contributed by atoms with van der Waals surface area (Å²) in [5, 5.41) is 3.86. The van der Waals surface area contributed by atoms with E-state index in [1.807, 2.05) is 0 Å². The first-order valence-electron chi connectivity index (χ1n) is 6.27. The number of nitrogens with one attached hydrogen (secondary N) is 1. The van der Waals surface area contributed by atoms with Crippen molar-refractivity contribution in [3.05, 3.63) is 0 Å². The van der Waals surface area contributed by atoms with Crippen molar-refractivity contribution >= 4 is 21.8 Å². The van der Waals surface area contributed by atoms with E-state index >= 15 is 0 Å². The molecule has 1 N–H and O–H groups in total. The van der Waals surface area contributed by atoms with Crippen LogP contribution in [-0.2, 0) is 9.53 Å². The van der Waals surface area contributed by atoms with Crippen molar-refractivity contribution in [2.75, 3.05) is 18.5 Å². The standard InChI is InChI=1S/C12H22BrNO2/c13-8-4-3-7-12(15)14-9-10-16-11-5-1-2-6-11/h11H,1-10H2,(H,14,15). The SMILES string of the molecule is O=C(CCCCBr)NCCOC1CCCC1. The van der Waals surface area contributed by atoms with Gasteiger partial charge in [0.15, 0.2) is 0 Å². The van der Waals surface area contributed by atoms with Crippen molar-refractivity contribution in [1.29, 1.82) is 0 Å². The molecule has 1 aliphatic carbocycles. The minimum Gasteiger partial charge on any atom is -0.376 e. The highest BCUT2D eigenvalue weighted by Crippen LogP contribution is 2.20. The molecule has 1 saturated carbocycles. The summed E-state index contributed by atoms with van der Waals surface area (Å²) >= 11 is 3.35. The molecule has 1 amide bonds. The zero-order chi connectivity index (χ0) is 11.6. The number of rotatable bonds is 8. The van der Waals surface area contributed by atoms with Crippen molar-refractivity contribution in [3.63, 3.8) is 0 Å². The number of alkyl halides is 1. The lowest BCUT2D eigenvalue weighted by atomic mass is 10.2. The summed E-state index contributed by atoms with van der Waals surface area (Å²) in [5.74, 6) is 0.149. The van der Waals surface area contributed by atoms with E-state index in [4.69, 9.17) is 4.74 Å². The summed E-state index contributed by atoms with van der Waals surface area (Å²) in [4.78, 5) is 11.3. The van der Waals surface area contributed by atoms with E-state index in [2.05, 4.69) is 21.2 Å². The van der Waals surface area contributed by atoms with Crippen LogP contribution in [0.25, 0.3) is 0 Å². The van der Waals surface area contributed by atoms with Crippen LogP contribution in [0, 0.1) is 0 Å². The molecule has 0 atom stereocenters. The molecule has 4 heteroatoms. The Morgan fingerprint density at radius 1 is 1.31 bits per heavy atom. The summed E-state index contributed by atoms with van der Waals surface area (Å²) in [6.07, 6.45) is 8.08. The maximum absolute atomic E-state index is 11.3. The number of amides is 1. The topological polar surface area (TPSA) is 38.3 Å². The third-order valence-electron chi connectivity index (χ3n) is 2.87. The Balaban J connectivity index is 1.87. The molecule has 0 unspecified atom stereocenters. The predicted octanol–water partition coefficient (Wildman–Crippen LogP) is 2.63. The Morgan fingerprint density at radius 2 is 2.06 bits per heavy atom. The highest BCUT2D eigenvalue weighted by atomic mass is 79.9. The third kappa shape index (κ3) is 6.48. The smallest absolute Gasteiger partial charge is 0.220 e. The lowest BCUT2D eigenvalue weighted by Gasteiger charge is -2.11. The van der Waals surface area contributed by atoms with Crippen LogP contribution < -0.4 is 5.32 Å². The fourth-order valence-corrected chi connectivity index (χ4v) is 2.34. The van der Waals surface area contributed by atoms with Gasteiger partial charge in [-0.15, -0.1) is 0 Å². The van der Waals surface area contributed by atoms with E-state index in [0.29, 0.717) is 25.7 Å². The van der Waals surface area contributed by atoms with Gasteiger partial charge in [-0.05, 0) is 25.7 Å². The maximum atomic E-state index is 11.3.